The summed E-state index contributed by atoms with van der Waals surface area (Å²) in [6, 6.07) is 0. The summed E-state index contributed by atoms with van der Waals surface area (Å²) < 4.78 is 0. The van der Waals surface area contributed by atoms with E-state index in [0.29, 0.717) is 0 Å². The molecule has 110 valence electrons. The van der Waals surface area contributed by atoms with Crippen LogP contribution in [0.15, 0.2) is 0 Å². The maximum absolute atomic E-state index is 12.5. The molecule has 0 radical (unpaired) electrons. The fourth-order valence-electron chi connectivity index (χ4n) is 4.07. The zero-order chi connectivity index (χ0) is 14.1. The lowest BCUT2D eigenvalue weighted by Crippen LogP contribution is -2.34. The van der Waals surface area contributed by atoms with Crippen molar-refractivity contribution >= 4 is 11.6 Å². The largest absolute Gasteiger partial charge is 0.323 e. The molecule has 3 rings (SSSR count). The normalized spacial score (nSPS) is 29.8. The number of anilines is 1. The van der Waals surface area contributed by atoms with Gasteiger partial charge in [0, 0.05) is 5.92 Å². The second kappa shape index (κ2) is 5.58. The van der Waals surface area contributed by atoms with E-state index in [4.69, 9.17) is 0 Å². The molecular weight excluding hydrogens is 250 g/mol. The Balaban J connectivity index is 1.63. The first-order valence-corrected chi connectivity index (χ1v) is 7.97. The van der Waals surface area contributed by atoms with Gasteiger partial charge in [-0.2, -0.15) is 5.10 Å². The van der Waals surface area contributed by atoms with Crippen LogP contribution in [0.5, 0.6) is 0 Å². The van der Waals surface area contributed by atoms with Gasteiger partial charge in [0.15, 0.2) is 0 Å². The highest BCUT2D eigenvalue weighted by molar-refractivity contribution is 5.93. The SMILES string of the molecule is Cc1n[nH]c(C)c1NC(=O)C1CCC2CCCCC2C1. The van der Waals surface area contributed by atoms with Crippen LogP contribution in [0.4, 0.5) is 5.69 Å². The standard InChI is InChI=1S/C16H25N3O/c1-10-15(11(2)19-18-10)17-16(20)14-8-7-12-5-3-4-6-13(12)9-14/h12-14H,3-9H2,1-2H3,(H,17,20)(H,18,19). The molecule has 2 N–H and O–H groups in total. The fourth-order valence-corrected chi connectivity index (χ4v) is 4.07. The molecular formula is C16H25N3O. The minimum atomic E-state index is 0.196. The lowest BCUT2D eigenvalue weighted by atomic mass is 9.67. The van der Waals surface area contributed by atoms with Gasteiger partial charge in [-0.05, 0) is 44.9 Å². The minimum absolute atomic E-state index is 0.196. The maximum Gasteiger partial charge on any atom is 0.227 e. The number of amides is 1. The number of hydrogen-bond acceptors (Lipinski definition) is 2. The minimum Gasteiger partial charge on any atom is -0.323 e. The van der Waals surface area contributed by atoms with Crippen LogP contribution in [0.1, 0.15) is 56.3 Å². The van der Waals surface area contributed by atoms with Gasteiger partial charge in [-0.1, -0.05) is 25.7 Å². The number of aromatic amines is 1. The number of carbonyl (C=O) groups is 1. The number of nitrogens with zero attached hydrogens (tertiary/aromatic N) is 1. The molecule has 2 aliphatic rings. The van der Waals surface area contributed by atoms with Crippen LogP contribution >= 0.6 is 0 Å². The van der Waals surface area contributed by atoms with Crippen LogP contribution in [-0.4, -0.2) is 16.1 Å². The van der Waals surface area contributed by atoms with E-state index in [1.165, 1.54) is 32.1 Å². The molecule has 3 atom stereocenters. The Bertz CT molecular complexity index is 474. The van der Waals surface area contributed by atoms with E-state index in [9.17, 15) is 4.79 Å². The summed E-state index contributed by atoms with van der Waals surface area (Å²) >= 11 is 0. The maximum atomic E-state index is 12.5. The molecule has 2 aliphatic carbocycles. The van der Waals surface area contributed by atoms with Gasteiger partial charge in [0.1, 0.15) is 0 Å². The molecule has 2 fully saturated rings. The topological polar surface area (TPSA) is 57.8 Å². The molecule has 0 saturated heterocycles. The molecule has 0 spiro atoms. The van der Waals surface area contributed by atoms with Gasteiger partial charge in [0.05, 0.1) is 17.1 Å². The van der Waals surface area contributed by atoms with E-state index < -0.39 is 0 Å². The van der Waals surface area contributed by atoms with E-state index in [-0.39, 0.29) is 11.8 Å². The third kappa shape index (κ3) is 2.60. The number of nitrogens with one attached hydrogen (secondary N) is 2. The molecule has 4 heteroatoms. The number of H-pyrrole nitrogens is 1. The summed E-state index contributed by atoms with van der Waals surface area (Å²) in [6.45, 7) is 3.88. The summed E-state index contributed by atoms with van der Waals surface area (Å²) in [5.41, 5.74) is 2.70. The zero-order valence-corrected chi connectivity index (χ0v) is 12.5. The van der Waals surface area contributed by atoms with Crippen LogP contribution in [-0.2, 0) is 4.79 Å². The average molecular weight is 275 g/mol. The Morgan fingerprint density at radius 1 is 1.15 bits per heavy atom. The number of carbonyl (C=O) groups excluding carboxylic acids is 1. The van der Waals surface area contributed by atoms with Crippen molar-refractivity contribution in [1.82, 2.24) is 10.2 Å². The second-order valence-corrected chi connectivity index (χ2v) is 6.61. The number of rotatable bonds is 2. The summed E-state index contributed by atoms with van der Waals surface area (Å²) in [5.74, 6) is 2.08. The van der Waals surface area contributed by atoms with Crippen molar-refractivity contribution < 1.29 is 4.79 Å². The number of fused-ring (bicyclic) bond motifs is 1. The van der Waals surface area contributed by atoms with Gasteiger partial charge in [-0.3, -0.25) is 9.89 Å². The van der Waals surface area contributed by atoms with Crippen LogP contribution in [0.25, 0.3) is 0 Å². The monoisotopic (exact) mass is 275 g/mol. The van der Waals surface area contributed by atoms with Crippen LogP contribution in [0.2, 0.25) is 0 Å². The van der Waals surface area contributed by atoms with Crippen LogP contribution in [0, 0.1) is 31.6 Å². The van der Waals surface area contributed by atoms with Crippen molar-refractivity contribution in [3.63, 3.8) is 0 Å². The Kier molecular flexibility index (Phi) is 3.81. The molecule has 20 heavy (non-hydrogen) atoms. The molecule has 0 bridgehead atoms. The predicted molar refractivity (Wildman–Crippen MR) is 79.5 cm³/mol. The molecule has 0 aliphatic heterocycles. The van der Waals surface area contributed by atoms with Crippen molar-refractivity contribution in [1.29, 1.82) is 0 Å². The van der Waals surface area contributed by atoms with Gasteiger partial charge >= 0.3 is 0 Å². The first kappa shape index (κ1) is 13.7. The van der Waals surface area contributed by atoms with E-state index in [0.717, 1.165) is 41.8 Å². The lowest BCUT2D eigenvalue weighted by molar-refractivity contribution is -0.122. The van der Waals surface area contributed by atoms with Crippen LogP contribution < -0.4 is 5.32 Å². The Labute approximate surface area is 120 Å². The van der Waals surface area contributed by atoms with Gasteiger partial charge in [-0.15, -0.1) is 0 Å². The van der Waals surface area contributed by atoms with E-state index >= 15 is 0 Å². The van der Waals surface area contributed by atoms with Crippen molar-refractivity contribution in [3.8, 4) is 0 Å². The molecule has 3 unspecified atom stereocenters. The molecule has 0 aromatic carbocycles. The van der Waals surface area contributed by atoms with Crippen molar-refractivity contribution in [2.45, 2.75) is 58.8 Å². The highest BCUT2D eigenvalue weighted by atomic mass is 16.1. The molecule has 2 saturated carbocycles. The summed E-state index contributed by atoms with van der Waals surface area (Å²) in [4.78, 5) is 12.5. The first-order chi connectivity index (χ1) is 9.65. The number of aromatic nitrogens is 2. The summed E-state index contributed by atoms with van der Waals surface area (Å²) in [5, 5.41) is 10.2. The molecule has 4 nitrogen and oxygen atoms in total. The van der Waals surface area contributed by atoms with E-state index in [1.54, 1.807) is 0 Å². The van der Waals surface area contributed by atoms with Crippen LogP contribution in [0.3, 0.4) is 0 Å². The molecule has 1 heterocycles. The van der Waals surface area contributed by atoms with Gasteiger partial charge in [-0.25, -0.2) is 0 Å². The Morgan fingerprint density at radius 2 is 1.90 bits per heavy atom. The molecule has 1 aromatic heterocycles. The quantitative estimate of drug-likeness (QED) is 0.867. The Hall–Kier alpha value is -1.32. The summed E-state index contributed by atoms with van der Waals surface area (Å²) in [6.07, 6.45) is 8.86. The Morgan fingerprint density at radius 3 is 2.60 bits per heavy atom. The third-order valence-electron chi connectivity index (χ3n) is 5.29. The second-order valence-electron chi connectivity index (χ2n) is 6.61. The van der Waals surface area contributed by atoms with Crippen molar-refractivity contribution in [3.05, 3.63) is 11.4 Å². The number of hydrogen-bond donors (Lipinski definition) is 2. The zero-order valence-electron chi connectivity index (χ0n) is 12.5. The fraction of sp³-hybridized carbons (Fsp3) is 0.750. The third-order valence-corrected chi connectivity index (χ3v) is 5.29. The predicted octanol–water partition coefficient (Wildman–Crippen LogP) is 3.57. The van der Waals surface area contributed by atoms with Crippen molar-refractivity contribution in [2.24, 2.45) is 17.8 Å². The van der Waals surface area contributed by atoms with Gasteiger partial charge in [0.2, 0.25) is 5.91 Å². The van der Waals surface area contributed by atoms with Crippen molar-refractivity contribution in [2.75, 3.05) is 5.32 Å². The van der Waals surface area contributed by atoms with Gasteiger partial charge in [0.25, 0.3) is 0 Å². The lowest BCUT2D eigenvalue weighted by Gasteiger charge is -2.38. The highest BCUT2D eigenvalue weighted by Crippen LogP contribution is 2.43. The van der Waals surface area contributed by atoms with Gasteiger partial charge < -0.3 is 5.32 Å². The van der Waals surface area contributed by atoms with E-state index in [1.807, 2.05) is 13.8 Å². The molecule has 1 aromatic rings. The summed E-state index contributed by atoms with van der Waals surface area (Å²) in [7, 11) is 0. The van der Waals surface area contributed by atoms with E-state index in [2.05, 4.69) is 15.5 Å². The highest BCUT2D eigenvalue weighted by Gasteiger charge is 2.35. The first-order valence-electron chi connectivity index (χ1n) is 7.97. The average Bonchev–Trinajstić information content (AvgIpc) is 2.78. The smallest absolute Gasteiger partial charge is 0.227 e. The molecule has 1 amide bonds. The number of aryl methyl sites for hydroxylation is 2.